The van der Waals surface area contributed by atoms with E-state index in [-0.39, 0.29) is 0 Å². The summed E-state index contributed by atoms with van der Waals surface area (Å²) < 4.78 is 1.90. The molecule has 1 heterocycles. The van der Waals surface area contributed by atoms with Crippen LogP contribution >= 0.6 is 0 Å². The summed E-state index contributed by atoms with van der Waals surface area (Å²) in [5.41, 5.74) is 2.49. The molecular weight excluding hydrogens is 174 g/mol. The minimum absolute atomic E-state index is 1.04. The van der Waals surface area contributed by atoms with Crippen LogP contribution in [0.3, 0.4) is 0 Å². The number of allylic oxidation sites excluding steroid dienone is 1. The highest BCUT2D eigenvalue weighted by Gasteiger charge is 1.98. The standard InChI is InChI=1S/C11H19N3/c1-4-12-8-5-6-10(2)11-7-9-13-14(11)3/h6-7,9,12H,4-5,8H2,1-3H3. The van der Waals surface area contributed by atoms with Crippen LogP contribution in [-0.4, -0.2) is 22.9 Å². The van der Waals surface area contributed by atoms with E-state index in [1.165, 1.54) is 11.3 Å². The van der Waals surface area contributed by atoms with E-state index in [0.717, 1.165) is 19.5 Å². The maximum Gasteiger partial charge on any atom is 0.0632 e. The molecule has 0 saturated heterocycles. The second-order valence-corrected chi connectivity index (χ2v) is 3.37. The molecule has 1 aromatic rings. The molecule has 0 aromatic carbocycles. The van der Waals surface area contributed by atoms with Crippen LogP contribution in [0.5, 0.6) is 0 Å². The fourth-order valence-electron chi connectivity index (χ4n) is 1.43. The Morgan fingerprint density at radius 1 is 1.64 bits per heavy atom. The molecule has 3 heteroatoms. The summed E-state index contributed by atoms with van der Waals surface area (Å²) in [6.45, 7) is 6.34. The van der Waals surface area contributed by atoms with Gasteiger partial charge in [-0.2, -0.15) is 5.10 Å². The van der Waals surface area contributed by atoms with Gasteiger partial charge in [-0.25, -0.2) is 0 Å². The second-order valence-electron chi connectivity index (χ2n) is 3.37. The lowest BCUT2D eigenvalue weighted by atomic mass is 10.2. The Morgan fingerprint density at radius 2 is 2.43 bits per heavy atom. The van der Waals surface area contributed by atoms with Gasteiger partial charge in [0.25, 0.3) is 0 Å². The summed E-state index contributed by atoms with van der Waals surface area (Å²) in [6, 6.07) is 2.04. The average molecular weight is 193 g/mol. The molecule has 0 bridgehead atoms. The van der Waals surface area contributed by atoms with Crippen LogP contribution in [0.2, 0.25) is 0 Å². The summed E-state index contributed by atoms with van der Waals surface area (Å²) in [6.07, 6.45) is 5.15. The topological polar surface area (TPSA) is 29.9 Å². The van der Waals surface area contributed by atoms with Crippen molar-refractivity contribution in [3.63, 3.8) is 0 Å². The maximum atomic E-state index is 4.14. The van der Waals surface area contributed by atoms with Crippen molar-refractivity contribution in [1.82, 2.24) is 15.1 Å². The summed E-state index contributed by atoms with van der Waals surface area (Å²) in [4.78, 5) is 0. The number of aromatic nitrogens is 2. The summed E-state index contributed by atoms with van der Waals surface area (Å²) in [7, 11) is 1.97. The SMILES string of the molecule is CCNCCC=C(C)c1ccnn1C. The molecule has 0 radical (unpaired) electrons. The molecule has 0 aliphatic carbocycles. The van der Waals surface area contributed by atoms with Gasteiger partial charge in [-0.05, 0) is 38.1 Å². The highest BCUT2D eigenvalue weighted by molar-refractivity contribution is 5.60. The Labute approximate surface area is 85.8 Å². The smallest absolute Gasteiger partial charge is 0.0632 e. The van der Waals surface area contributed by atoms with Crippen molar-refractivity contribution in [2.24, 2.45) is 7.05 Å². The molecule has 78 valence electrons. The number of aryl methyl sites for hydroxylation is 1. The lowest BCUT2D eigenvalue weighted by molar-refractivity contribution is 0.725. The molecule has 0 spiro atoms. The van der Waals surface area contributed by atoms with Crippen molar-refractivity contribution >= 4 is 5.57 Å². The molecule has 0 unspecified atom stereocenters. The van der Waals surface area contributed by atoms with E-state index in [9.17, 15) is 0 Å². The van der Waals surface area contributed by atoms with Gasteiger partial charge in [0.15, 0.2) is 0 Å². The van der Waals surface area contributed by atoms with Gasteiger partial charge in [-0.3, -0.25) is 4.68 Å². The predicted molar refractivity (Wildman–Crippen MR) is 60.0 cm³/mol. The average Bonchev–Trinajstić information content (AvgIpc) is 2.59. The molecule has 1 aromatic heterocycles. The van der Waals surface area contributed by atoms with Crippen molar-refractivity contribution in [3.8, 4) is 0 Å². The lowest BCUT2D eigenvalue weighted by Gasteiger charge is -2.02. The number of nitrogens with one attached hydrogen (secondary N) is 1. The normalized spacial score (nSPS) is 12.1. The number of nitrogens with zero attached hydrogens (tertiary/aromatic N) is 2. The van der Waals surface area contributed by atoms with E-state index >= 15 is 0 Å². The number of hydrogen-bond acceptors (Lipinski definition) is 2. The quantitative estimate of drug-likeness (QED) is 0.723. The molecule has 14 heavy (non-hydrogen) atoms. The van der Waals surface area contributed by atoms with Gasteiger partial charge in [0.1, 0.15) is 0 Å². The molecule has 1 rings (SSSR count). The fourth-order valence-corrected chi connectivity index (χ4v) is 1.43. The minimum atomic E-state index is 1.04. The van der Waals surface area contributed by atoms with E-state index in [0.29, 0.717) is 0 Å². The zero-order valence-corrected chi connectivity index (χ0v) is 9.25. The first kappa shape index (κ1) is 11.0. The Balaban J connectivity index is 2.48. The number of hydrogen-bond donors (Lipinski definition) is 1. The van der Waals surface area contributed by atoms with E-state index in [1.807, 2.05) is 24.0 Å². The largest absolute Gasteiger partial charge is 0.317 e. The Kier molecular flexibility index (Phi) is 4.40. The molecule has 1 N–H and O–H groups in total. The first-order valence-corrected chi connectivity index (χ1v) is 5.11. The van der Waals surface area contributed by atoms with Gasteiger partial charge in [0, 0.05) is 13.2 Å². The molecule has 0 atom stereocenters. The zero-order valence-electron chi connectivity index (χ0n) is 9.25. The minimum Gasteiger partial charge on any atom is -0.317 e. The molecular formula is C11H19N3. The van der Waals surface area contributed by atoms with Crippen molar-refractivity contribution in [1.29, 1.82) is 0 Å². The Hall–Kier alpha value is -1.09. The summed E-state index contributed by atoms with van der Waals surface area (Å²) in [5.74, 6) is 0. The Bertz CT molecular complexity index is 299. The third-order valence-electron chi connectivity index (χ3n) is 2.25. The van der Waals surface area contributed by atoms with E-state index in [1.54, 1.807) is 0 Å². The van der Waals surface area contributed by atoms with Crippen LogP contribution in [0.4, 0.5) is 0 Å². The second kappa shape index (κ2) is 5.60. The third-order valence-corrected chi connectivity index (χ3v) is 2.25. The first-order valence-electron chi connectivity index (χ1n) is 5.11. The van der Waals surface area contributed by atoms with Gasteiger partial charge in [-0.1, -0.05) is 13.0 Å². The Morgan fingerprint density at radius 3 is 3.00 bits per heavy atom. The number of rotatable bonds is 5. The van der Waals surface area contributed by atoms with Crippen molar-refractivity contribution < 1.29 is 0 Å². The fraction of sp³-hybridized carbons (Fsp3) is 0.545. The van der Waals surface area contributed by atoms with Crippen molar-refractivity contribution in [3.05, 3.63) is 24.0 Å². The highest BCUT2D eigenvalue weighted by atomic mass is 15.3. The molecule has 0 fully saturated rings. The van der Waals surface area contributed by atoms with Gasteiger partial charge in [0.05, 0.1) is 5.69 Å². The first-order chi connectivity index (χ1) is 6.75. The van der Waals surface area contributed by atoms with Gasteiger partial charge < -0.3 is 5.32 Å². The molecule has 0 aliphatic heterocycles. The molecule has 0 amide bonds. The monoisotopic (exact) mass is 193 g/mol. The van der Waals surface area contributed by atoms with Gasteiger partial charge >= 0.3 is 0 Å². The van der Waals surface area contributed by atoms with Crippen LogP contribution in [-0.2, 0) is 7.05 Å². The summed E-state index contributed by atoms with van der Waals surface area (Å²) in [5, 5.41) is 7.44. The molecule has 0 saturated carbocycles. The van der Waals surface area contributed by atoms with E-state index in [4.69, 9.17) is 0 Å². The highest BCUT2D eigenvalue weighted by Crippen LogP contribution is 2.11. The van der Waals surface area contributed by atoms with Crippen LogP contribution in [0.25, 0.3) is 5.57 Å². The van der Waals surface area contributed by atoms with Crippen LogP contribution in [0.15, 0.2) is 18.3 Å². The molecule has 3 nitrogen and oxygen atoms in total. The zero-order chi connectivity index (χ0) is 10.4. The predicted octanol–water partition coefficient (Wildman–Crippen LogP) is 1.82. The van der Waals surface area contributed by atoms with Gasteiger partial charge in [-0.15, -0.1) is 0 Å². The van der Waals surface area contributed by atoms with Crippen molar-refractivity contribution in [2.75, 3.05) is 13.1 Å². The third kappa shape index (κ3) is 3.00. The van der Waals surface area contributed by atoms with Crippen LogP contribution in [0, 0.1) is 0 Å². The van der Waals surface area contributed by atoms with Gasteiger partial charge in [0.2, 0.25) is 0 Å². The van der Waals surface area contributed by atoms with Crippen molar-refractivity contribution in [2.45, 2.75) is 20.3 Å². The maximum absolute atomic E-state index is 4.14. The van der Waals surface area contributed by atoms with E-state index in [2.05, 4.69) is 30.3 Å². The van der Waals surface area contributed by atoms with Crippen LogP contribution in [0.1, 0.15) is 26.0 Å². The molecule has 0 aliphatic rings. The lowest BCUT2D eigenvalue weighted by Crippen LogP contribution is -2.13. The van der Waals surface area contributed by atoms with E-state index < -0.39 is 0 Å². The summed E-state index contributed by atoms with van der Waals surface area (Å²) >= 11 is 0. The van der Waals surface area contributed by atoms with Crippen LogP contribution < -0.4 is 5.32 Å².